The van der Waals surface area contributed by atoms with Gasteiger partial charge in [-0.2, -0.15) is 0 Å². The summed E-state index contributed by atoms with van der Waals surface area (Å²) in [5.74, 6) is 1.71. The standard InChI is InChI=1S/C20H30N4OS/c1-7-21-19(22-12-18-14(2)24-15(3)26-18)23-13-20(4,5)16-8-10-17(25-6)11-9-16/h8-11H,7,12-13H2,1-6H3,(H2,21,22,23). The van der Waals surface area contributed by atoms with E-state index in [2.05, 4.69) is 48.5 Å². The van der Waals surface area contributed by atoms with Gasteiger partial charge in [0.2, 0.25) is 0 Å². The first-order valence-corrected chi connectivity index (χ1v) is 9.77. The lowest BCUT2D eigenvalue weighted by molar-refractivity contribution is 0.414. The summed E-state index contributed by atoms with van der Waals surface area (Å²) in [6.07, 6.45) is 0. The van der Waals surface area contributed by atoms with E-state index in [9.17, 15) is 0 Å². The van der Waals surface area contributed by atoms with E-state index in [1.54, 1.807) is 18.4 Å². The molecule has 2 N–H and O–H groups in total. The Labute approximate surface area is 160 Å². The van der Waals surface area contributed by atoms with Crippen LogP contribution in [0.25, 0.3) is 0 Å². The highest BCUT2D eigenvalue weighted by Gasteiger charge is 2.21. The van der Waals surface area contributed by atoms with Crippen LogP contribution in [0.4, 0.5) is 0 Å². The van der Waals surface area contributed by atoms with Crippen LogP contribution in [0.3, 0.4) is 0 Å². The fourth-order valence-electron chi connectivity index (χ4n) is 2.66. The van der Waals surface area contributed by atoms with E-state index in [0.29, 0.717) is 6.54 Å². The van der Waals surface area contributed by atoms with Crippen molar-refractivity contribution in [3.63, 3.8) is 0 Å². The molecule has 0 atom stereocenters. The van der Waals surface area contributed by atoms with E-state index in [4.69, 9.17) is 9.73 Å². The largest absolute Gasteiger partial charge is 0.497 e. The number of aryl methyl sites for hydroxylation is 2. The monoisotopic (exact) mass is 374 g/mol. The smallest absolute Gasteiger partial charge is 0.191 e. The third kappa shape index (κ3) is 5.46. The average molecular weight is 375 g/mol. The lowest BCUT2D eigenvalue weighted by atomic mass is 9.84. The first kappa shape index (κ1) is 20.2. The molecule has 0 bridgehead atoms. The van der Waals surface area contributed by atoms with Gasteiger partial charge in [0.05, 0.1) is 24.4 Å². The number of hydrogen-bond donors (Lipinski definition) is 2. The lowest BCUT2D eigenvalue weighted by Crippen LogP contribution is -2.43. The van der Waals surface area contributed by atoms with Crippen molar-refractivity contribution in [1.82, 2.24) is 15.6 Å². The quantitative estimate of drug-likeness (QED) is 0.572. The van der Waals surface area contributed by atoms with Crippen molar-refractivity contribution < 1.29 is 4.74 Å². The Morgan fingerprint density at radius 2 is 1.88 bits per heavy atom. The second-order valence-corrected chi connectivity index (χ2v) is 8.19. The van der Waals surface area contributed by atoms with Gasteiger partial charge in [0.1, 0.15) is 5.75 Å². The van der Waals surface area contributed by atoms with Crippen LogP contribution < -0.4 is 15.4 Å². The summed E-state index contributed by atoms with van der Waals surface area (Å²) >= 11 is 1.71. The third-order valence-electron chi connectivity index (χ3n) is 4.29. The highest BCUT2D eigenvalue weighted by molar-refractivity contribution is 7.11. The maximum Gasteiger partial charge on any atom is 0.191 e. The molecule has 1 aromatic carbocycles. The minimum atomic E-state index is -0.0283. The van der Waals surface area contributed by atoms with Gasteiger partial charge in [-0.25, -0.2) is 9.98 Å². The molecule has 0 spiro atoms. The van der Waals surface area contributed by atoms with E-state index in [0.717, 1.165) is 35.5 Å². The molecule has 0 radical (unpaired) electrons. The molecule has 142 valence electrons. The van der Waals surface area contributed by atoms with Crippen LogP contribution in [0, 0.1) is 13.8 Å². The van der Waals surface area contributed by atoms with Crippen LogP contribution in [-0.2, 0) is 12.0 Å². The Hall–Kier alpha value is -2.08. The maximum absolute atomic E-state index is 5.25. The van der Waals surface area contributed by atoms with Crippen molar-refractivity contribution in [2.24, 2.45) is 4.99 Å². The van der Waals surface area contributed by atoms with Gasteiger partial charge in [-0.05, 0) is 38.5 Å². The molecule has 0 saturated heterocycles. The van der Waals surface area contributed by atoms with Crippen molar-refractivity contribution in [1.29, 1.82) is 0 Å². The molecule has 0 aliphatic heterocycles. The molecule has 0 saturated carbocycles. The van der Waals surface area contributed by atoms with E-state index < -0.39 is 0 Å². The summed E-state index contributed by atoms with van der Waals surface area (Å²) in [5, 5.41) is 7.89. The van der Waals surface area contributed by atoms with Gasteiger partial charge < -0.3 is 15.4 Å². The molecular weight excluding hydrogens is 344 g/mol. The fraction of sp³-hybridized carbons (Fsp3) is 0.500. The van der Waals surface area contributed by atoms with Crippen molar-refractivity contribution in [2.75, 3.05) is 20.2 Å². The van der Waals surface area contributed by atoms with Gasteiger partial charge in [0.15, 0.2) is 5.96 Å². The minimum Gasteiger partial charge on any atom is -0.497 e. The van der Waals surface area contributed by atoms with Crippen LogP contribution in [-0.4, -0.2) is 31.1 Å². The average Bonchev–Trinajstić information content (AvgIpc) is 2.95. The molecule has 1 heterocycles. The normalized spacial score (nSPS) is 12.2. The van der Waals surface area contributed by atoms with Crippen LogP contribution in [0.5, 0.6) is 5.75 Å². The van der Waals surface area contributed by atoms with E-state index in [1.807, 2.05) is 26.0 Å². The summed E-state index contributed by atoms with van der Waals surface area (Å²) in [4.78, 5) is 10.4. The third-order valence-corrected chi connectivity index (χ3v) is 5.35. The van der Waals surface area contributed by atoms with Crippen LogP contribution >= 0.6 is 11.3 Å². The van der Waals surface area contributed by atoms with E-state index >= 15 is 0 Å². The van der Waals surface area contributed by atoms with Crippen molar-refractivity contribution >= 4 is 17.3 Å². The number of nitrogens with one attached hydrogen (secondary N) is 2. The molecule has 1 aromatic heterocycles. The number of rotatable bonds is 7. The minimum absolute atomic E-state index is 0.0283. The Morgan fingerprint density at radius 3 is 2.42 bits per heavy atom. The molecule has 6 heteroatoms. The van der Waals surface area contributed by atoms with Crippen LogP contribution in [0.1, 0.15) is 41.9 Å². The molecule has 0 amide bonds. The molecule has 2 rings (SSSR count). The number of hydrogen-bond acceptors (Lipinski definition) is 4. The molecule has 0 aliphatic rings. The highest BCUT2D eigenvalue weighted by atomic mass is 32.1. The molecular formula is C20H30N4OS. The van der Waals surface area contributed by atoms with Crippen molar-refractivity contribution in [3.05, 3.63) is 45.4 Å². The summed E-state index contributed by atoms with van der Waals surface area (Å²) in [5.41, 5.74) is 2.31. The Kier molecular flexibility index (Phi) is 7.03. The second-order valence-electron chi connectivity index (χ2n) is 6.90. The zero-order valence-corrected chi connectivity index (χ0v) is 17.5. The Bertz CT molecular complexity index is 735. The van der Waals surface area contributed by atoms with Gasteiger partial charge in [-0.15, -0.1) is 11.3 Å². The Balaban J connectivity index is 2.03. The number of ether oxygens (including phenoxy) is 1. The zero-order chi connectivity index (χ0) is 19.2. The number of aromatic nitrogens is 1. The topological polar surface area (TPSA) is 58.5 Å². The summed E-state index contributed by atoms with van der Waals surface area (Å²) in [6, 6.07) is 8.25. The predicted molar refractivity (Wildman–Crippen MR) is 110 cm³/mol. The van der Waals surface area contributed by atoms with Gasteiger partial charge in [0, 0.05) is 23.4 Å². The summed E-state index contributed by atoms with van der Waals surface area (Å²) in [6.45, 7) is 12.9. The number of thiazole rings is 1. The number of nitrogens with zero attached hydrogens (tertiary/aromatic N) is 2. The summed E-state index contributed by atoms with van der Waals surface area (Å²) in [7, 11) is 1.69. The van der Waals surface area contributed by atoms with Gasteiger partial charge >= 0.3 is 0 Å². The molecule has 0 aliphatic carbocycles. The number of guanidine groups is 1. The van der Waals surface area contributed by atoms with Gasteiger partial charge in [-0.3, -0.25) is 0 Å². The van der Waals surface area contributed by atoms with Crippen LogP contribution in [0.15, 0.2) is 29.3 Å². The summed E-state index contributed by atoms with van der Waals surface area (Å²) < 4.78 is 5.25. The molecule has 5 nitrogen and oxygen atoms in total. The Morgan fingerprint density at radius 1 is 1.19 bits per heavy atom. The number of aliphatic imine (C=N–C) groups is 1. The number of methoxy groups -OCH3 is 1. The van der Waals surface area contributed by atoms with Crippen molar-refractivity contribution in [2.45, 2.75) is 46.6 Å². The zero-order valence-electron chi connectivity index (χ0n) is 16.6. The van der Waals surface area contributed by atoms with E-state index in [-0.39, 0.29) is 5.41 Å². The van der Waals surface area contributed by atoms with E-state index in [1.165, 1.54) is 10.4 Å². The van der Waals surface area contributed by atoms with Crippen molar-refractivity contribution in [3.8, 4) is 5.75 Å². The molecule has 0 unspecified atom stereocenters. The maximum atomic E-state index is 5.25. The fourth-order valence-corrected chi connectivity index (χ4v) is 3.52. The molecule has 2 aromatic rings. The SMILES string of the molecule is CCNC(=NCc1sc(C)nc1C)NCC(C)(C)c1ccc(OC)cc1. The molecule has 26 heavy (non-hydrogen) atoms. The number of benzene rings is 1. The lowest BCUT2D eigenvalue weighted by Gasteiger charge is -2.27. The molecule has 0 fully saturated rings. The van der Waals surface area contributed by atoms with Crippen LogP contribution in [0.2, 0.25) is 0 Å². The second kappa shape index (κ2) is 9.03. The van der Waals surface area contributed by atoms with Gasteiger partial charge in [-0.1, -0.05) is 26.0 Å². The first-order valence-electron chi connectivity index (χ1n) is 8.95. The highest BCUT2D eigenvalue weighted by Crippen LogP contribution is 2.24. The van der Waals surface area contributed by atoms with Gasteiger partial charge in [0.25, 0.3) is 0 Å². The predicted octanol–water partition coefficient (Wildman–Crippen LogP) is 3.80. The first-order chi connectivity index (χ1) is 12.4.